The van der Waals surface area contributed by atoms with Crippen LogP contribution in [0.4, 0.5) is 10.6 Å². The van der Waals surface area contributed by atoms with E-state index in [0.717, 1.165) is 31.4 Å². The van der Waals surface area contributed by atoms with Crippen LogP contribution in [0.25, 0.3) is 0 Å². The summed E-state index contributed by atoms with van der Waals surface area (Å²) in [6, 6.07) is -0.0360. The Morgan fingerprint density at radius 1 is 1.35 bits per heavy atom. The summed E-state index contributed by atoms with van der Waals surface area (Å²) in [5.41, 5.74) is -0.145. The van der Waals surface area contributed by atoms with Crippen LogP contribution in [-0.2, 0) is 9.53 Å². The molecule has 0 bridgehead atoms. The van der Waals surface area contributed by atoms with Gasteiger partial charge in [-0.25, -0.2) is 9.78 Å². The summed E-state index contributed by atoms with van der Waals surface area (Å²) in [4.78, 5) is 35.6. The molecule has 1 N–H and O–H groups in total. The van der Waals surface area contributed by atoms with Gasteiger partial charge in [0.25, 0.3) is 0 Å². The molecule has 1 spiro atoms. The van der Waals surface area contributed by atoms with Gasteiger partial charge >= 0.3 is 6.09 Å². The number of carbonyl (C=O) groups excluding carboxylic acids is 2. The van der Waals surface area contributed by atoms with E-state index in [-0.39, 0.29) is 11.9 Å². The van der Waals surface area contributed by atoms with Gasteiger partial charge in [0.1, 0.15) is 5.60 Å². The summed E-state index contributed by atoms with van der Waals surface area (Å²) in [5.74, 6) is 0.724. The first kappa shape index (κ1) is 18.6. The van der Waals surface area contributed by atoms with Gasteiger partial charge in [0.15, 0.2) is 5.82 Å². The zero-order valence-corrected chi connectivity index (χ0v) is 16.0. The number of nitrogens with one attached hydrogen (secondary N) is 1. The standard InChI is InChI=1S/C19H28N4O3/c1-13-11-20-12-15(21-13)23-9-8-19(16(23)24)7-5-6-14(10-19)22-17(25)26-18(2,3)4/h11-12,14H,5-10H2,1-4H3,(H,22,25). The van der Waals surface area contributed by atoms with E-state index in [2.05, 4.69) is 15.3 Å². The van der Waals surface area contributed by atoms with Crippen molar-refractivity contribution in [2.75, 3.05) is 11.4 Å². The van der Waals surface area contributed by atoms with Gasteiger partial charge in [0.05, 0.1) is 17.3 Å². The van der Waals surface area contributed by atoms with Crippen LogP contribution in [0.15, 0.2) is 12.4 Å². The highest BCUT2D eigenvalue weighted by atomic mass is 16.6. The van der Waals surface area contributed by atoms with Crippen molar-refractivity contribution >= 4 is 17.8 Å². The summed E-state index contributed by atoms with van der Waals surface area (Å²) < 4.78 is 5.36. The smallest absolute Gasteiger partial charge is 0.407 e. The molecule has 2 fully saturated rings. The number of hydrogen-bond acceptors (Lipinski definition) is 5. The molecule has 2 atom stereocenters. The second-order valence-corrected chi connectivity index (χ2v) is 8.45. The van der Waals surface area contributed by atoms with Crippen molar-refractivity contribution in [1.82, 2.24) is 15.3 Å². The molecule has 2 amide bonds. The van der Waals surface area contributed by atoms with Gasteiger partial charge in [-0.15, -0.1) is 0 Å². The van der Waals surface area contributed by atoms with E-state index in [0.29, 0.717) is 18.8 Å². The molecule has 2 heterocycles. The lowest BCUT2D eigenvalue weighted by atomic mass is 9.71. The minimum Gasteiger partial charge on any atom is -0.444 e. The molecule has 3 rings (SSSR count). The van der Waals surface area contributed by atoms with E-state index in [1.807, 2.05) is 27.7 Å². The molecule has 26 heavy (non-hydrogen) atoms. The van der Waals surface area contributed by atoms with Gasteiger partial charge < -0.3 is 10.1 Å². The highest BCUT2D eigenvalue weighted by Crippen LogP contribution is 2.45. The number of amides is 2. The molecule has 2 aliphatic rings. The molecule has 1 saturated heterocycles. The minimum atomic E-state index is -0.528. The van der Waals surface area contributed by atoms with Crippen molar-refractivity contribution in [3.05, 3.63) is 18.1 Å². The Bertz CT molecular complexity index is 700. The van der Waals surface area contributed by atoms with Gasteiger partial charge in [-0.2, -0.15) is 0 Å². The van der Waals surface area contributed by atoms with Crippen molar-refractivity contribution in [2.45, 2.75) is 71.4 Å². The molecule has 142 valence electrons. The van der Waals surface area contributed by atoms with Gasteiger partial charge in [0, 0.05) is 18.8 Å². The van der Waals surface area contributed by atoms with Gasteiger partial charge in [-0.3, -0.25) is 14.7 Å². The zero-order chi connectivity index (χ0) is 18.9. The predicted molar refractivity (Wildman–Crippen MR) is 97.8 cm³/mol. The first-order valence-corrected chi connectivity index (χ1v) is 9.29. The number of alkyl carbamates (subject to hydrolysis) is 1. The van der Waals surface area contributed by atoms with E-state index in [1.54, 1.807) is 17.3 Å². The molecule has 0 radical (unpaired) electrons. The van der Waals surface area contributed by atoms with Crippen molar-refractivity contribution < 1.29 is 14.3 Å². The number of anilines is 1. The molecule has 0 aromatic carbocycles. The molecule has 1 aromatic rings. The van der Waals surface area contributed by atoms with Crippen molar-refractivity contribution in [3.8, 4) is 0 Å². The van der Waals surface area contributed by atoms with E-state index in [9.17, 15) is 9.59 Å². The first-order valence-electron chi connectivity index (χ1n) is 9.29. The van der Waals surface area contributed by atoms with E-state index in [4.69, 9.17) is 4.74 Å². The normalized spacial score (nSPS) is 26.2. The number of ether oxygens (including phenoxy) is 1. The highest BCUT2D eigenvalue weighted by Gasteiger charge is 2.50. The lowest BCUT2D eigenvalue weighted by Crippen LogP contribution is -2.47. The summed E-state index contributed by atoms with van der Waals surface area (Å²) >= 11 is 0. The highest BCUT2D eigenvalue weighted by molar-refractivity contribution is 5.99. The van der Waals surface area contributed by atoms with E-state index < -0.39 is 17.1 Å². The second-order valence-electron chi connectivity index (χ2n) is 8.45. The van der Waals surface area contributed by atoms with Crippen molar-refractivity contribution in [1.29, 1.82) is 0 Å². The molecule has 2 unspecified atom stereocenters. The van der Waals surface area contributed by atoms with Crippen LogP contribution in [-0.4, -0.2) is 40.2 Å². The fourth-order valence-corrected chi connectivity index (χ4v) is 4.00. The summed E-state index contributed by atoms with van der Waals surface area (Å²) in [7, 11) is 0. The van der Waals surface area contributed by atoms with Crippen LogP contribution in [0.2, 0.25) is 0 Å². The number of nitrogens with zero attached hydrogens (tertiary/aromatic N) is 3. The van der Waals surface area contributed by atoms with Gasteiger partial charge in [0.2, 0.25) is 5.91 Å². The first-order chi connectivity index (χ1) is 12.2. The third-order valence-corrected chi connectivity index (χ3v) is 5.10. The monoisotopic (exact) mass is 360 g/mol. The Balaban J connectivity index is 1.68. The zero-order valence-electron chi connectivity index (χ0n) is 16.0. The summed E-state index contributed by atoms with van der Waals surface area (Å²) in [6.45, 7) is 8.05. The lowest BCUT2D eigenvalue weighted by molar-refractivity contribution is -0.127. The van der Waals surface area contributed by atoms with Gasteiger partial charge in [-0.05, 0) is 53.4 Å². The predicted octanol–water partition coefficient (Wildman–Crippen LogP) is 2.98. The Morgan fingerprint density at radius 3 is 2.81 bits per heavy atom. The molecular weight excluding hydrogens is 332 g/mol. The third-order valence-electron chi connectivity index (χ3n) is 5.10. The van der Waals surface area contributed by atoms with Gasteiger partial charge in [-0.1, -0.05) is 6.42 Å². The maximum atomic E-state index is 13.2. The molecular formula is C19H28N4O3. The molecule has 1 aromatic heterocycles. The Hall–Kier alpha value is -2.18. The van der Waals surface area contributed by atoms with Crippen LogP contribution in [0.1, 0.15) is 58.6 Å². The summed E-state index contributed by atoms with van der Waals surface area (Å²) in [6.07, 6.45) is 7.00. The van der Waals surface area contributed by atoms with Crippen molar-refractivity contribution in [2.24, 2.45) is 5.41 Å². The number of carbonyl (C=O) groups is 2. The quantitative estimate of drug-likeness (QED) is 0.876. The minimum absolute atomic E-state index is 0.0360. The maximum absolute atomic E-state index is 13.2. The third kappa shape index (κ3) is 3.97. The summed E-state index contributed by atoms with van der Waals surface area (Å²) in [5, 5.41) is 2.95. The average molecular weight is 360 g/mol. The Labute approximate surface area is 154 Å². The average Bonchev–Trinajstić information content (AvgIpc) is 2.82. The van der Waals surface area contributed by atoms with Crippen molar-refractivity contribution in [3.63, 3.8) is 0 Å². The van der Waals surface area contributed by atoms with Crippen LogP contribution in [0.5, 0.6) is 0 Å². The number of rotatable bonds is 2. The van der Waals surface area contributed by atoms with Crippen LogP contribution in [0, 0.1) is 12.3 Å². The number of aromatic nitrogens is 2. The molecule has 1 aliphatic carbocycles. The van der Waals surface area contributed by atoms with E-state index in [1.165, 1.54) is 0 Å². The maximum Gasteiger partial charge on any atom is 0.407 e. The Kier molecular flexibility index (Phi) is 4.90. The molecule has 1 aliphatic heterocycles. The second kappa shape index (κ2) is 6.85. The Morgan fingerprint density at radius 2 is 2.12 bits per heavy atom. The van der Waals surface area contributed by atoms with Crippen LogP contribution >= 0.6 is 0 Å². The fourth-order valence-electron chi connectivity index (χ4n) is 4.00. The lowest BCUT2D eigenvalue weighted by Gasteiger charge is -2.37. The fraction of sp³-hybridized carbons (Fsp3) is 0.684. The number of aryl methyl sites for hydroxylation is 1. The largest absolute Gasteiger partial charge is 0.444 e. The SMILES string of the molecule is Cc1cncc(N2CCC3(CCCC(NC(=O)OC(C)(C)C)C3)C2=O)n1. The molecule has 1 saturated carbocycles. The van der Waals surface area contributed by atoms with Crippen LogP contribution in [0.3, 0.4) is 0 Å². The van der Waals surface area contributed by atoms with Crippen LogP contribution < -0.4 is 10.2 Å². The number of hydrogen-bond donors (Lipinski definition) is 1. The topological polar surface area (TPSA) is 84.4 Å². The van der Waals surface area contributed by atoms with E-state index >= 15 is 0 Å². The molecule has 7 nitrogen and oxygen atoms in total. The molecule has 7 heteroatoms.